The fraction of sp³-hybridized carbons (Fsp3) is 0.500. The Morgan fingerprint density at radius 1 is 1.39 bits per heavy atom. The number of aromatic nitrogens is 1. The normalized spacial score (nSPS) is 15.7. The molecule has 2 heterocycles. The van der Waals surface area contributed by atoms with Crippen LogP contribution in [0.4, 0.5) is 4.79 Å². The maximum atomic E-state index is 11.8. The number of hydrogen-bond donors (Lipinski definition) is 3. The number of aliphatic imine (C=N–C) groups is 1. The SMILES string of the molecule is CCOC(=O)N1CCC(NC(=NC)NCCc2c[nH]c3ccc(Cl)cc23)CC1. The van der Waals surface area contributed by atoms with Crippen molar-refractivity contribution in [2.75, 3.05) is 33.3 Å². The average molecular weight is 406 g/mol. The van der Waals surface area contributed by atoms with E-state index in [1.807, 2.05) is 31.3 Å². The molecule has 0 atom stereocenters. The molecule has 1 amide bonds. The van der Waals surface area contributed by atoms with E-state index < -0.39 is 0 Å². The van der Waals surface area contributed by atoms with Crippen molar-refractivity contribution >= 4 is 34.6 Å². The van der Waals surface area contributed by atoms with Gasteiger partial charge in [-0.1, -0.05) is 11.6 Å². The first-order valence-electron chi connectivity index (χ1n) is 9.75. The highest BCUT2D eigenvalue weighted by Crippen LogP contribution is 2.22. The number of halogens is 1. The molecule has 0 aliphatic carbocycles. The van der Waals surface area contributed by atoms with Gasteiger partial charge in [0.15, 0.2) is 5.96 Å². The molecule has 0 bridgehead atoms. The number of hydrogen-bond acceptors (Lipinski definition) is 3. The van der Waals surface area contributed by atoms with Gasteiger partial charge in [-0.05, 0) is 49.9 Å². The number of nitrogens with one attached hydrogen (secondary N) is 3. The number of nitrogens with zero attached hydrogens (tertiary/aromatic N) is 2. The zero-order chi connectivity index (χ0) is 19.9. The number of rotatable bonds is 5. The van der Waals surface area contributed by atoms with Crippen LogP contribution in [0.25, 0.3) is 10.9 Å². The first-order chi connectivity index (χ1) is 13.6. The number of piperidine rings is 1. The molecule has 8 heteroatoms. The Morgan fingerprint density at radius 2 is 2.18 bits per heavy atom. The van der Waals surface area contributed by atoms with Gasteiger partial charge in [-0.2, -0.15) is 0 Å². The summed E-state index contributed by atoms with van der Waals surface area (Å²) >= 11 is 6.12. The van der Waals surface area contributed by atoms with Crippen LogP contribution in [0.5, 0.6) is 0 Å². The summed E-state index contributed by atoms with van der Waals surface area (Å²) in [7, 11) is 1.77. The van der Waals surface area contributed by atoms with Crippen molar-refractivity contribution in [3.8, 4) is 0 Å². The Morgan fingerprint density at radius 3 is 2.89 bits per heavy atom. The second-order valence-corrected chi connectivity index (χ2v) is 7.29. The van der Waals surface area contributed by atoms with Crippen molar-refractivity contribution < 1.29 is 9.53 Å². The van der Waals surface area contributed by atoms with Crippen LogP contribution in [0.3, 0.4) is 0 Å². The highest BCUT2D eigenvalue weighted by atomic mass is 35.5. The number of carbonyl (C=O) groups is 1. The van der Waals surface area contributed by atoms with Gasteiger partial charge in [0, 0.05) is 54.8 Å². The lowest BCUT2D eigenvalue weighted by atomic mass is 10.1. The molecule has 1 aromatic heterocycles. The molecule has 0 spiro atoms. The van der Waals surface area contributed by atoms with Crippen LogP contribution in [0.1, 0.15) is 25.3 Å². The standard InChI is InChI=1S/C20H28ClN5O2/c1-3-28-20(27)26-10-7-16(8-11-26)25-19(22-2)23-9-6-14-13-24-18-5-4-15(21)12-17(14)18/h4-5,12-13,16,24H,3,6-11H2,1-2H3,(H2,22,23,25). The van der Waals surface area contributed by atoms with Gasteiger partial charge in [0.1, 0.15) is 0 Å². The van der Waals surface area contributed by atoms with Crippen LogP contribution < -0.4 is 10.6 Å². The van der Waals surface area contributed by atoms with Gasteiger partial charge in [0.2, 0.25) is 0 Å². The fourth-order valence-corrected chi connectivity index (χ4v) is 3.65. The van der Waals surface area contributed by atoms with Crippen LogP contribution in [0.2, 0.25) is 5.02 Å². The molecule has 2 aromatic rings. The number of aromatic amines is 1. The number of amides is 1. The number of guanidine groups is 1. The molecule has 0 saturated carbocycles. The van der Waals surface area contributed by atoms with Gasteiger partial charge in [0.05, 0.1) is 6.61 Å². The number of fused-ring (bicyclic) bond motifs is 1. The third-order valence-corrected chi connectivity index (χ3v) is 5.24. The summed E-state index contributed by atoms with van der Waals surface area (Å²) in [6.45, 7) is 4.40. The van der Waals surface area contributed by atoms with Gasteiger partial charge >= 0.3 is 6.09 Å². The summed E-state index contributed by atoms with van der Waals surface area (Å²) in [5.74, 6) is 0.785. The van der Waals surface area contributed by atoms with Gasteiger partial charge in [-0.3, -0.25) is 4.99 Å². The van der Waals surface area contributed by atoms with E-state index in [4.69, 9.17) is 16.3 Å². The molecule has 1 saturated heterocycles. The van der Waals surface area contributed by atoms with Crippen LogP contribution in [0, 0.1) is 0 Å². The zero-order valence-corrected chi connectivity index (χ0v) is 17.2. The summed E-state index contributed by atoms with van der Waals surface area (Å²) in [4.78, 5) is 21.2. The maximum absolute atomic E-state index is 11.8. The second kappa shape index (κ2) is 9.68. The number of carbonyl (C=O) groups excluding carboxylic acids is 1. The van der Waals surface area contributed by atoms with Crippen molar-refractivity contribution in [1.82, 2.24) is 20.5 Å². The van der Waals surface area contributed by atoms with Crippen molar-refractivity contribution in [2.45, 2.75) is 32.2 Å². The molecular formula is C20H28ClN5O2. The molecule has 7 nitrogen and oxygen atoms in total. The predicted octanol–water partition coefficient (Wildman–Crippen LogP) is 3.15. The van der Waals surface area contributed by atoms with Crippen LogP contribution >= 0.6 is 11.6 Å². The fourth-order valence-electron chi connectivity index (χ4n) is 3.48. The Bertz CT molecular complexity index is 827. The molecule has 1 fully saturated rings. The maximum Gasteiger partial charge on any atom is 0.409 e. The van der Waals surface area contributed by atoms with Gasteiger partial charge in [-0.15, -0.1) is 0 Å². The third kappa shape index (κ3) is 5.10. The lowest BCUT2D eigenvalue weighted by Crippen LogP contribution is -2.50. The molecule has 0 radical (unpaired) electrons. The third-order valence-electron chi connectivity index (χ3n) is 5.00. The van der Waals surface area contributed by atoms with Crippen LogP contribution in [-0.2, 0) is 11.2 Å². The molecule has 1 aliphatic heterocycles. The molecule has 3 rings (SSSR count). The quantitative estimate of drug-likeness (QED) is 0.527. The smallest absolute Gasteiger partial charge is 0.409 e. The molecule has 3 N–H and O–H groups in total. The summed E-state index contributed by atoms with van der Waals surface area (Å²) in [6, 6.07) is 6.18. The van der Waals surface area contributed by atoms with E-state index in [0.29, 0.717) is 25.7 Å². The van der Waals surface area contributed by atoms with Crippen molar-refractivity contribution in [1.29, 1.82) is 0 Å². The predicted molar refractivity (Wildman–Crippen MR) is 113 cm³/mol. The van der Waals surface area contributed by atoms with E-state index >= 15 is 0 Å². The second-order valence-electron chi connectivity index (χ2n) is 6.86. The molecule has 1 aliphatic rings. The minimum absolute atomic E-state index is 0.220. The lowest BCUT2D eigenvalue weighted by Gasteiger charge is -2.32. The Balaban J connectivity index is 1.45. The van der Waals surface area contributed by atoms with Crippen LogP contribution in [-0.4, -0.2) is 61.3 Å². The minimum Gasteiger partial charge on any atom is -0.450 e. The average Bonchev–Trinajstić information content (AvgIpc) is 3.10. The van der Waals surface area contributed by atoms with E-state index in [9.17, 15) is 4.79 Å². The molecule has 152 valence electrons. The Labute approximate surface area is 170 Å². The summed E-state index contributed by atoms with van der Waals surface area (Å²) in [5, 5.41) is 8.73. The first kappa shape index (κ1) is 20.3. The topological polar surface area (TPSA) is 81.8 Å². The van der Waals surface area contributed by atoms with Crippen molar-refractivity contribution in [3.05, 3.63) is 35.0 Å². The highest BCUT2D eigenvalue weighted by molar-refractivity contribution is 6.31. The van der Waals surface area contributed by atoms with Crippen molar-refractivity contribution in [3.63, 3.8) is 0 Å². The van der Waals surface area contributed by atoms with Gasteiger partial charge in [-0.25, -0.2) is 4.79 Å². The van der Waals surface area contributed by atoms with Crippen LogP contribution in [0.15, 0.2) is 29.4 Å². The van der Waals surface area contributed by atoms with E-state index in [-0.39, 0.29) is 6.09 Å². The monoisotopic (exact) mass is 405 g/mol. The van der Waals surface area contributed by atoms with E-state index in [1.165, 1.54) is 5.56 Å². The molecule has 1 aromatic carbocycles. The van der Waals surface area contributed by atoms with E-state index in [2.05, 4.69) is 20.6 Å². The Kier molecular flexibility index (Phi) is 7.03. The van der Waals surface area contributed by atoms with Crippen molar-refractivity contribution in [2.24, 2.45) is 4.99 Å². The summed E-state index contributed by atoms with van der Waals surface area (Å²) in [5.41, 5.74) is 2.32. The lowest BCUT2D eigenvalue weighted by molar-refractivity contribution is 0.0963. The largest absolute Gasteiger partial charge is 0.450 e. The zero-order valence-electron chi connectivity index (χ0n) is 16.4. The van der Waals surface area contributed by atoms with E-state index in [1.54, 1.807) is 11.9 Å². The summed E-state index contributed by atoms with van der Waals surface area (Å²) < 4.78 is 5.06. The molecule has 0 unspecified atom stereocenters. The molecule has 28 heavy (non-hydrogen) atoms. The first-order valence-corrected chi connectivity index (χ1v) is 10.1. The minimum atomic E-state index is -0.220. The van der Waals surface area contributed by atoms with Gasteiger partial charge in [0.25, 0.3) is 0 Å². The van der Waals surface area contributed by atoms with E-state index in [0.717, 1.165) is 47.7 Å². The molecular weight excluding hydrogens is 378 g/mol. The number of likely N-dealkylation sites (tertiary alicyclic amines) is 1. The summed E-state index contributed by atoms with van der Waals surface area (Å²) in [6.07, 6.45) is 4.43. The van der Waals surface area contributed by atoms with Gasteiger partial charge < -0.3 is 25.3 Å². The highest BCUT2D eigenvalue weighted by Gasteiger charge is 2.24. The number of benzene rings is 1. The Hall–Kier alpha value is -2.41. The number of H-pyrrole nitrogens is 1. The number of ether oxygens (including phenoxy) is 1.